The van der Waals surface area contributed by atoms with Crippen LogP contribution in [0.15, 0.2) is 77.3 Å². The minimum Gasteiger partial charge on any atom is -0.292 e. The van der Waals surface area contributed by atoms with Gasteiger partial charge in [-0.3, -0.25) is 19.1 Å². The molecule has 0 radical (unpaired) electrons. The molecule has 1 fully saturated rings. The smallest absolute Gasteiger partial charge is 0.266 e. The summed E-state index contributed by atoms with van der Waals surface area (Å²) < 4.78 is 2.10. The normalized spacial score (nSPS) is 15.2. The van der Waals surface area contributed by atoms with Crippen LogP contribution in [-0.4, -0.2) is 42.9 Å². The standard InChI is InChI=1S/C23H19N3O2S3/c1-2-14-30-22-24-17-10-6-7-11-18(17)26(22)20(27)12-13-25-21(28)19(31-23(25)29)15-16-8-4-3-5-9-16/h2-11,15H,1,12-14H2/b19-15+. The number of carbonyl (C=O) groups excluding carboxylic acids is 2. The number of para-hydroxylation sites is 2. The first-order chi connectivity index (χ1) is 15.1. The van der Waals surface area contributed by atoms with Crippen LogP contribution in [0.25, 0.3) is 17.1 Å². The molecule has 0 saturated carbocycles. The Balaban J connectivity index is 1.51. The SMILES string of the molecule is C=CCSc1nc2ccccc2n1C(=O)CCN1C(=O)/C(=C\c2ccccc2)SC1=S. The van der Waals surface area contributed by atoms with Crippen LogP contribution < -0.4 is 0 Å². The Bertz CT molecular complexity index is 1200. The molecule has 4 rings (SSSR count). The largest absolute Gasteiger partial charge is 0.292 e. The van der Waals surface area contributed by atoms with Crippen LogP contribution in [0.5, 0.6) is 0 Å². The molecule has 1 aliphatic rings. The van der Waals surface area contributed by atoms with Gasteiger partial charge in [-0.2, -0.15) is 0 Å². The van der Waals surface area contributed by atoms with Crippen LogP contribution in [0.2, 0.25) is 0 Å². The van der Waals surface area contributed by atoms with E-state index in [4.69, 9.17) is 12.2 Å². The van der Waals surface area contributed by atoms with Crippen molar-refractivity contribution in [3.05, 3.63) is 77.7 Å². The van der Waals surface area contributed by atoms with E-state index in [0.29, 0.717) is 20.1 Å². The number of thiocarbonyl (C=S) groups is 1. The number of nitrogens with zero attached hydrogens (tertiary/aromatic N) is 3. The average molecular weight is 466 g/mol. The maximum absolute atomic E-state index is 13.1. The van der Waals surface area contributed by atoms with Crippen LogP contribution >= 0.6 is 35.7 Å². The molecule has 1 saturated heterocycles. The van der Waals surface area contributed by atoms with Crippen molar-refractivity contribution in [2.24, 2.45) is 0 Å². The molecule has 1 aliphatic heterocycles. The third-order valence-corrected chi connectivity index (χ3v) is 6.94. The molecule has 0 aliphatic carbocycles. The minimum atomic E-state index is -0.164. The van der Waals surface area contributed by atoms with Gasteiger partial charge in [-0.05, 0) is 23.8 Å². The Morgan fingerprint density at radius 1 is 1.16 bits per heavy atom. The number of hydrogen-bond donors (Lipinski definition) is 0. The van der Waals surface area contributed by atoms with Gasteiger partial charge in [0.15, 0.2) is 5.16 Å². The number of amides is 1. The zero-order valence-electron chi connectivity index (χ0n) is 16.6. The first-order valence-electron chi connectivity index (χ1n) is 9.63. The summed E-state index contributed by atoms with van der Waals surface area (Å²) in [6, 6.07) is 17.2. The van der Waals surface area contributed by atoms with Crippen molar-refractivity contribution < 1.29 is 9.59 Å². The van der Waals surface area contributed by atoms with Crippen molar-refractivity contribution >= 4 is 69.0 Å². The first-order valence-corrected chi connectivity index (χ1v) is 11.8. The van der Waals surface area contributed by atoms with Gasteiger partial charge in [0.2, 0.25) is 5.91 Å². The lowest BCUT2D eigenvalue weighted by Crippen LogP contribution is -2.31. The van der Waals surface area contributed by atoms with Crippen molar-refractivity contribution in [1.82, 2.24) is 14.5 Å². The Kier molecular flexibility index (Phi) is 6.70. The van der Waals surface area contributed by atoms with Gasteiger partial charge in [-0.25, -0.2) is 4.98 Å². The van der Waals surface area contributed by atoms with Gasteiger partial charge in [-0.15, -0.1) is 6.58 Å². The maximum Gasteiger partial charge on any atom is 0.266 e. The van der Waals surface area contributed by atoms with Crippen molar-refractivity contribution in [2.45, 2.75) is 11.6 Å². The fourth-order valence-electron chi connectivity index (χ4n) is 3.19. The van der Waals surface area contributed by atoms with E-state index in [1.54, 1.807) is 10.6 Å². The van der Waals surface area contributed by atoms with E-state index in [1.165, 1.54) is 28.4 Å². The van der Waals surface area contributed by atoms with E-state index >= 15 is 0 Å². The van der Waals surface area contributed by atoms with Crippen molar-refractivity contribution in [1.29, 1.82) is 0 Å². The summed E-state index contributed by atoms with van der Waals surface area (Å²) in [6.45, 7) is 3.97. The number of rotatable bonds is 7. The van der Waals surface area contributed by atoms with Gasteiger partial charge >= 0.3 is 0 Å². The summed E-state index contributed by atoms with van der Waals surface area (Å²) in [5, 5.41) is 0.625. The molecule has 8 heteroatoms. The zero-order valence-corrected chi connectivity index (χ0v) is 19.0. The second kappa shape index (κ2) is 9.64. The van der Waals surface area contributed by atoms with E-state index in [0.717, 1.165) is 16.6 Å². The average Bonchev–Trinajstić information content (AvgIpc) is 3.28. The molecule has 0 N–H and O–H groups in total. The number of fused-ring (bicyclic) bond motifs is 1. The van der Waals surface area contributed by atoms with Gasteiger partial charge in [0, 0.05) is 18.7 Å². The Labute approximate surface area is 194 Å². The molecule has 3 aromatic rings. The van der Waals surface area contributed by atoms with Gasteiger partial charge in [0.1, 0.15) is 4.32 Å². The molecular formula is C23H19N3O2S3. The lowest BCUT2D eigenvalue weighted by Gasteiger charge is -2.14. The summed E-state index contributed by atoms with van der Waals surface area (Å²) in [4.78, 5) is 32.6. The summed E-state index contributed by atoms with van der Waals surface area (Å²) >= 11 is 8.13. The lowest BCUT2D eigenvalue weighted by atomic mass is 10.2. The molecule has 5 nitrogen and oxygen atoms in total. The predicted molar refractivity (Wildman–Crippen MR) is 132 cm³/mol. The van der Waals surface area contributed by atoms with E-state index in [-0.39, 0.29) is 24.8 Å². The van der Waals surface area contributed by atoms with E-state index in [2.05, 4.69) is 11.6 Å². The highest BCUT2D eigenvalue weighted by Gasteiger charge is 2.32. The van der Waals surface area contributed by atoms with Crippen molar-refractivity contribution in [3.63, 3.8) is 0 Å². The molecule has 31 heavy (non-hydrogen) atoms. The fraction of sp³-hybridized carbons (Fsp3) is 0.130. The first kappa shape index (κ1) is 21.5. The van der Waals surface area contributed by atoms with E-state index in [1.807, 2.05) is 60.7 Å². The summed E-state index contributed by atoms with van der Waals surface area (Å²) in [5.74, 6) is 0.361. The van der Waals surface area contributed by atoms with Crippen LogP contribution in [0, 0.1) is 0 Å². The van der Waals surface area contributed by atoms with Gasteiger partial charge in [0.25, 0.3) is 5.91 Å². The number of imidazole rings is 1. The van der Waals surface area contributed by atoms with Crippen LogP contribution in [-0.2, 0) is 4.79 Å². The molecule has 2 heterocycles. The molecular weight excluding hydrogens is 446 g/mol. The molecule has 0 spiro atoms. The summed E-state index contributed by atoms with van der Waals surface area (Å²) in [6.07, 6.45) is 3.75. The van der Waals surface area contributed by atoms with E-state index in [9.17, 15) is 9.59 Å². The Hall–Kier alpha value is -2.68. The molecule has 0 bridgehead atoms. The number of thioether (sulfide) groups is 2. The molecule has 1 aromatic heterocycles. The Morgan fingerprint density at radius 3 is 2.68 bits per heavy atom. The summed E-state index contributed by atoms with van der Waals surface area (Å²) in [5.41, 5.74) is 2.46. The number of aromatic nitrogens is 2. The third kappa shape index (κ3) is 4.66. The fourth-order valence-corrected chi connectivity index (χ4v) is 5.26. The second-order valence-corrected chi connectivity index (χ2v) is 9.37. The van der Waals surface area contributed by atoms with E-state index < -0.39 is 0 Å². The highest BCUT2D eigenvalue weighted by atomic mass is 32.2. The minimum absolute atomic E-state index is 0.124. The molecule has 1 amide bonds. The Morgan fingerprint density at radius 2 is 1.90 bits per heavy atom. The topological polar surface area (TPSA) is 55.2 Å². The second-order valence-electron chi connectivity index (χ2n) is 6.71. The van der Waals surface area contributed by atoms with Gasteiger partial charge in [0.05, 0.1) is 15.9 Å². The molecule has 0 atom stereocenters. The molecule has 156 valence electrons. The highest BCUT2D eigenvalue weighted by Crippen LogP contribution is 2.33. The quantitative estimate of drug-likeness (QED) is 0.206. The maximum atomic E-state index is 13.1. The van der Waals surface area contributed by atoms with Gasteiger partial charge in [-0.1, -0.05) is 84.3 Å². The number of benzene rings is 2. The monoisotopic (exact) mass is 465 g/mol. The third-order valence-electron chi connectivity index (χ3n) is 4.63. The molecule has 0 unspecified atom stereocenters. The number of carbonyl (C=O) groups is 2. The van der Waals surface area contributed by atoms with Crippen LogP contribution in [0.3, 0.4) is 0 Å². The van der Waals surface area contributed by atoms with Crippen LogP contribution in [0.4, 0.5) is 0 Å². The van der Waals surface area contributed by atoms with Crippen molar-refractivity contribution in [3.8, 4) is 0 Å². The molecule has 2 aromatic carbocycles. The van der Waals surface area contributed by atoms with Gasteiger partial charge < -0.3 is 0 Å². The highest BCUT2D eigenvalue weighted by molar-refractivity contribution is 8.26. The lowest BCUT2D eigenvalue weighted by molar-refractivity contribution is -0.122. The summed E-state index contributed by atoms with van der Waals surface area (Å²) in [7, 11) is 0. The number of hydrogen-bond acceptors (Lipinski definition) is 6. The zero-order chi connectivity index (χ0) is 21.8. The van der Waals surface area contributed by atoms with Crippen molar-refractivity contribution in [2.75, 3.05) is 12.3 Å². The van der Waals surface area contributed by atoms with Crippen LogP contribution in [0.1, 0.15) is 16.8 Å². The predicted octanol–water partition coefficient (Wildman–Crippen LogP) is 5.25.